The van der Waals surface area contributed by atoms with Gasteiger partial charge in [-0.15, -0.1) is 0 Å². The predicted molar refractivity (Wildman–Crippen MR) is 107 cm³/mol. The van der Waals surface area contributed by atoms with Crippen molar-refractivity contribution >= 4 is 21.8 Å². The van der Waals surface area contributed by atoms with Crippen molar-refractivity contribution in [2.24, 2.45) is 5.92 Å². The van der Waals surface area contributed by atoms with E-state index in [-0.39, 0.29) is 21.9 Å². The molecule has 6 nitrogen and oxygen atoms in total. The molecular formula is C21H24N2O4S. The van der Waals surface area contributed by atoms with Crippen LogP contribution in [0.1, 0.15) is 58.7 Å². The van der Waals surface area contributed by atoms with Gasteiger partial charge in [-0.25, -0.2) is 13.1 Å². The monoisotopic (exact) mass is 400 g/mol. The van der Waals surface area contributed by atoms with Crippen LogP contribution in [0.2, 0.25) is 0 Å². The average molecular weight is 401 g/mol. The number of hydrogen-bond acceptors (Lipinski definition) is 4. The zero-order chi connectivity index (χ0) is 20.6. The van der Waals surface area contributed by atoms with E-state index >= 15 is 0 Å². The molecule has 2 aromatic carbocycles. The fraction of sp³-hybridized carbons (Fsp3) is 0.333. The number of benzene rings is 2. The summed E-state index contributed by atoms with van der Waals surface area (Å²) < 4.78 is 28.7. The fourth-order valence-corrected chi connectivity index (χ4v) is 4.69. The van der Waals surface area contributed by atoms with Crippen LogP contribution in [0.15, 0.2) is 47.4 Å². The molecule has 2 amide bonds. The van der Waals surface area contributed by atoms with Crippen molar-refractivity contribution in [3.63, 3.8) is 0 Å². The molecule has 3 rings (SSSR count). The number of amides is 2. The summed E-state index contributed by atoms with van der Waals surface area (Å²) in [5, 5.41) is 0. The Morgan fingerprint density at radius 2 is 1.57 bits per heavy atom. The van der Waals surface area contributed by atoms with Crippen LogP contribution in [0.5, 0.6) is 0 Å². The second-order valence-corrected chi connectivity index (χ2v) is 9.03. The third-order valence-electron chi connectivity index (χ3n) is 5.07. The van der Waals surface area contributed by atoms with Gasteiger partial charge < -0.3 is 0 Å². The molecule has 1 atom stereocenters. The Kier molecular flexibility index (Phi) is 5.41. The molecule has 1 aliphatic heterocycles. The quantitative estimate of drug-likeness (QED) is 0.755. The van der Waals surface area contributed by atoms with Gasteiger partial charge in [0, 0.05) is 13.1 Å². The molecule has 0 spiro atoms. The van der Waals surface area contributed by atoms with Gasteiger partial charge >= 0.3 is 0 Å². The van der Waals surface area contributed by atoms with Crippen LogP contribution in [0.4, 0.5) is 0 Å². The standard InChI is InChI=1S/C21H24N2O4S/c1-5-14-6-8-15(9-7-14)19(13(2)3)22-28(26,27)16-10-11-17-18(12-16)21(25)23(4)20(17)24/h6-13,19,22H,5H2,1-4H3. The molecule has 2 aromatic rings. The molecule has 0 saturated carbocycles. The molecule has 0 saturated heterocycles. The molecule has 1 unspecified atom stereocenters. The molecule has 0 aromatic heterocycles. The highest BCUT2D eigenvalue weighted by molar-refractivity contribution is 7.89. The van der Waals surface area contributed by atoms with E-state index in [0.29, 0.717) is 0 Å². The number of aryl methyl sites for hydroxylation is 1. The smallest absolute Gasteiger partial charge is 0.261 e. The summed E-state index contributed by atoms with van der Waals surface area (Å²) in [7, 11) is -2.50. The van der Waals surface area contributed by atoms with E-state index in [4.69, 9.17) is 0 Å². The van der Waals surface area contributed by atoms with Crippen molar-refractivity contribution in [3.8, 4) is 0 Å². The van der Waals surface area contributed by atoms with Crippen molar-refractivity contribution in [1.29, 1.82) is 0 Å². The van der Waals surface area contributed by atoms with Crippen LogP contribution in [-0.2, 0) is 16.4 Å². The number of sulfonamides is 1. The van der Waals surface area contributed by atoms with Crippen LogP contribution in [-0.4, -0.2) is 32.2 Å². The molecule has 148 valence electrons. The Bertz CT molecular complexity index is 1030. The second kappa shape index (κ2) is 7.48. The van der Waals surface area contributed by atoms with Crippen molar-refractivity contribution in [2.45, 2.75) is 38.1 Å². The maximum atomic E-state index is 13.0. The summed E-state index contributed by atoms with van der Waals surface area (Å²) in [5.41, 5.74) is 2.40. The van der Waals surface area contributed by atoms with E-state index in [9.17, 15) is 18.0 Å². The van der Waals surface area contributed by atoms with E-state index < -0.39 is 27.9 Å². The molecule has 1 heterocycles. The normalized spacial score (nSPS) is 15.2. The first-order valence-corrected chi connectivity index (χ1v) is 10.7. The number of nitrogens with one attached hydrogen (secondary N) is 1. The first kappa shape index (κ1) is 20.2. The second-order valence-electron chi connectivity index (χ2n) is 7.31. The first-order valence-electron chi connectivity index (χ1n) is 9.23. The molecule has 0 aliphatic carbocycles. The van der Waals surface area contributed by atoms with Crippen LogP contribution in [0.3, 0.4) is 0 Å². The summed E-state index contributed by atoms with van der Waals surface area (Å²) in [6.45, 7) is 5.95. The van der Waals surface area contributed by atoms with Gasteiger partial charge in [0.25, 0.3) is 11.8 Å². The summed E-state index contributed by atoms with van der Waals surface area (Å²) >= 11 is 0. The van der Waals surface area contributed by atoms with E-state index in [1.54, 1.807) is 0 Å². The maximum absolute atomic E-state index is 13.0. The molecule has 1 aliphatic rings. The first-order chi connectivity index (χ1) is 13.2. The van der Waals surface area contributed by atoms with Crippen molar-refractivity contribution in [1.82, 2.24) is 9.62 Å². The van der Waals surface area contributed by atoms with Gasteiger partial charge in [0.2, 0.25) is 10.0 Å². The molecule has 0 radical (unpaired) electrons. The van der Waals surface area contributed by atoms with Gasteiger partial charge in [0.15, 0.2) is 0 Å². The highest BCUT2D eigenvalue weighted by Crippen LogP contribution is 2.28. The lowest BCUT2D eigenvalue weighted by Crippen LogP contribution is -2.32. The zero-order valence-electron chi connectivity index (χ0n) is 16.4. The minimum Gasteiger partial charge on any atom is -0.277 e. The third kappa shape index (κ3) is 3.59. The van der Waals surface area contributed by atoms with Crippen LogP contribution in [0, 0.1) is 5.92 Å². The molecule has 0 bridgehead atoms. The average Bonchev–Trinajstić information content (AvgIpc) is 2.90. The number of carbonyl (C=O) groups is 2. The number of imide groups is 1. The number of nitrogens with zero attached hydrogens (tertiary/aromatic N) is 1. The van der Waals surface area contributed by atoms with E-state index in [2.05, 4.69) is 11.6 Å². The van der Waals surface area contributed by atoms with Gasteiger partial charge in [0.05, 0.1) is 16.0 Å². The van der Waals surface area contributed by atoms with Crippen LogP contribution < -0.4 is 4.72 Å². The molecule has 7 heteroatoms. The largest absolute Gasteiger partial charge is 0.277 e. The number of rotatable bonds is 6. The Balaban J connectivity index is 1.94. The van der Waals surface area contributed by atoms with E-state index in [0.717, 1.165) is 16.9 Å². The highest BCUT2D eigenvalue weighted by Gasteiger charge is 2.34. The zero-order valence-corrected chi connectivity index (χ0v) is 17.2. The molecule has 0 fully saturated rings. The third-order valence-corrected chi connectivity index (χ3v) is 6.51. The summed E-state index contributed by atoms with van der Waals surface area (Å²) in [4.78, 5) is 25.2. The summed E-state index contributed by atoms with van der Waals surface area (Å²) in [6.07, 6.45) is 0.911. The van der Waals surface area contributed by atoms with Crippen molar-refractivity contribution in [2.75, 3.05) is 7.05 Å². The number of carbonyl (C=O) groups excluding carboxylic acids is 2. The lowest BCUT2D eigenvalue weighted by molar-refractivity contribution is 0.0693. The number of hydrogen-bond donors (Lipinski definition) is 1. The minimum absolute atomic E-state index is 0.0195. The lowest BCUT2D eigenvalue weighted by atomic mass is 9.96. The van der Waals surface area contributed by atoms with Gasteiger partial charge in [-0.05, 0) is 41.7 Å². The van der Waals surface area contributed by atoms with Gasteiger partial charge in [-0.2, -0.15) is 0 Å². The topological polar surface area (TPSA) is 83.6 Å². The Labute approximate surface area is 165 Å². The fourth-order valence-electron chi connectivity index (χ4n) is 3.29. The lowest BCUT2D eigenvalue weighted by Gasteiger charge is -2.23. The Morgan fingerprint density at radius 1 is 0.964 bits per heavy atom. The SMILES string of the molecule is CCc1ccc(C(NS(=O)(=O)c2ccc3c(c2)C(=O)N(C)C3=O)C(C)C)cc1. The maximum Gasteiger partial charge on any atom is 0.261 e. The van der Waals surface area contributed by atoms with Crippen molar-refractivity contribution < 1.29 is 18.0 Å². The molecule has 1 N–H and O–H groups in total. The molecule has 28 heavy (non-hydrogen) atoms. The van der Waals surface area contributed by atoms with Crippen LogP contribution >= 0.6 is 0 Å². The molecular weight excluding hydrogens is 376 g/mol. The minimum atomic E-state index is -3.88. The highest BCUT2D eigenvalue weighted by atomic mass is 32.2. The number of fused-ring (bicyclic) bond motifs is 1. The van der Waals surface area contributed by atoms with Gasteiger partial charge in [-0.1, -0.05) is 45.0 Å². The van der Waals surface area contributed by atoms with E-state index in [1.165, 1.54) is 30.8 Å². The van der Waals surface area contributed by atoms with Gasteiger partial charge in [0.1, 0.15) is 0 Å². The Hall–Kier alpha value is -2.51. The van der Waals surface area contributed by atoms with Crippen molar-refractivity contribution in [3.05, 3.63) is 64.7 Å². The van der Waals surface area contributed by atoms with Gasteiger partial charge in [-0.3, -0.25) is 14.5 Å². The summed E-state index contributed by atoms with van der Waals surface area (Å²) in [6, 6.07) is 11.5. The predicted octanol–water partition coefficient (Wildman–Crippen LogP) is 3.15. The summed E-state index contributed by atoms with van der Waals surface area (Å²) in [5.74, 6) is -0.897. The Morgan fingerprint density at radius 3 is 2.14 bits per heavy atom. The van der Waals surface area contributed by atoms with E-state index in [1.807, 2.05) is 38.1 Å². The van der Waals surface area contributed by atoms with Crippen LogP contribution in [0.25, 0.3) is 0 Å².